The summed E-state index contributed by atoms with van der Waals surface area (Å²) in [7, 11) is 0. The minimum atomic E-state index is 0.266. The van der Waals surface area contributed by atoms with E-state index in [4.69, 9.17) is 0 Å². The standard InChI is InChI=1S/C15H32N2/c1-11(2)13(5)9-17-10-15(6,7)16-8-14(17)12(3)4/h11-14,16H,8-10H2,1-7H3. The normalized spacial score (nSPS) is 27.7. The number of nitrogens with zero attached hydrogens (tertiary/aromatic N) is 1. The molecule has 0 aromatic heterocycles. The first kappa shape index (κ1) is 15.0. The number of rotatable bonds is 4. The van der Waals surface area contributed by atoms with Crippen molar-refractivity contribution in [3.05, 3.63) is 0 Å². The van der Waals surface area contributed by atoms with Crippen LogP contribution in [0, 0.1) is 17.8 Å². The van der Waals surface area contributed by atoms with E-state index < -0.39 is 0 Å². The second-order valence-corrected chi connectivity index (χ2v) is 7.23. The Hall–Kier alpha value is -0.0800. The molecule has 2 nitrogen and oxygen atoms in total. The smallest absolute Gasteiger partial charge is 0.0252 e. The average Bonchev–Trinajstić information content (AvgIpc) is 2.15. The molecule has 0 bridgehead atoms. The van der Waals surface area contributed by atoms with E-state index in [2.05, 4.69) is 58.7 Å². The molecule has 102 valence electrons. The summed E-state index contributed by atoms with van der Waals surface area (Å²) in [5.74, 6) is 2.30. The summed E-state index contributed by atoms with van der Waals surface area (Å²) >= 11 is 0. The molecule has 1 saturated heterocycles. The summed E-state index contributed by atoms with van der Waals surface area (Å²) in [6.45, 7) is 19.9. The van der Waals surface area contributed by atoms with Gasteiger partial charge < -0.3 is 5.32 Å². The molecule has 1 aliphatic heterocycles. The topological polar surface area (TPSA) is 15.3 Å². The fourth-order valence-corrected chi connectivity index (χ4v) is 2.63. The van der Waals surface area contributed by atoms with Gasteiger partial charge in [-0.05, 0) is 31.6 Å². The number of piperazine rings is 1. The molecule has 0 aromatic carbocycles. The summed E-state index contributed by atoms with van der Waals surface area (Å²) in [4.78, 5) is 2.71. The zero-order chi connectivity index (χ0) is 13.2. The maximum atomic E-state index is 3.68. The molecule has 1 N–H and O–H groups in total. The minimum absolute atomic E-state index is 0.266. The van der Waals surface area contributed by atoms with Gasteiger partial charge in [-0.25, -0.2) is 0 Å². The summed E-state index contributed by atoms with van der Waals surface area (Å²) < 4.78 is 0. The van der Waals surface area contributed by atoms with Gasteiger partial charge in [0, 0.05) is 31.2 Å². The molecular formula is C15H32N2. The molecule has 1 aliphatic rings. The molecule has 0 aromatic rings. The van der Waals surface area contributed by atoms with E-state index in [0.717, 1.165) is 24.3 Å². The van der Waals surface area contributed by atoms with Crippen LogP contribution in [0.3, 0.4) is 0 Å². The fourth-order valence-electron chi connectivity index (χ4n) is 2.63. The predicted molar refractivity (Wildman–Crippen MR) is 76.3 cm³/mol. The number of hydrogen-bond donors (Lipinski definition) is 1. The van der Waals surface area contributed by atoms with Gasteiger partial charge in [0.2, 0.25) is 0 Å². The first-order valence-corrected chi connectivity index (χ1v) is 7.22. The first-order chi connectivity index (χ1) is 7.73. The lowest BCUT2D eigenvalue weighted by molar-refractivity contribution is 0.0513. The van der Waals surface area contributed by atoms with Crippen molar-refractivity contribution in [1.82, 2.24) is 10.2 Å². The molecule has 2 unspecified atom stereocenters. The maximum Gasteiger partial charge on any atom is 0.0252 e. The maximum absolute atomic E-state index is 3.68. The van der Waals surface area contributed by atoms with Gasteiger partial charge in [-0.3, -0.25) is 4.90 Å². The van der Waals surface area contributed by atoms with Crippen molar-refractivity contribution in [2.24, 2.45) is 17.8 Å². The molecule has 0 saturated carbocycles. The molecule has 17 heavy (non-hydrogen) atoms. The van der Waals surface area contributed by atoms with Crippen molar-refractivity contribution in [2.75, 3.05) is 19.6 Å². The molecule has 0 spiro atoms. The molecule has 1 rings (SSSR count). The van der Waals surface area contributed by atoms with Crippen LogP contribution in [0.15, 0.2) is 0 Å². The Bertz CT molecular complexity index is 233. The zero-order valence-corrected chi connectivity index (χ0v) is 12.9. The van der Waals surface area contributed by atoms with Crippen molar-refractivity contribution in [1.29, 1.82) is 0 Å². The quantitative estimate of drug-likeness (QED) is 0.813. The van der Waals surface area contributed by atoms with E-state index in [0.29, 0.717) is 6.04 Å². The van der Waals surface area contributed by atoms with Gasteiger partial charge in [-0.2, -0.15) is 0 Å². The third-order valence-corrected chi connectivity index (χ3v) is 4.29. The molecule has 1 heterocycles. The van der Waals surface area contributed by atoms with Gasteiger partial charge in [0.05, 0.1) is 0 Å². The van der Waals surface area contributed by atoms with Crippen LogP contribution in [0.5, 0.6) is 0 Å². The van der Waals surface area contributed by atoms with Gasteiger partial charge in [0.25, 0.3) is 0 Å². The zero-order valence-electron chi connectivity index (χ0n) is 12.9. The van der Waals surface area contributed by atoms with Crippen LogP contribution in [0.4, 0.5) is 0 Å². The van der Waals surface area contributed by atoms with Crippen molar-refractivity contribution < 1.29 is 0 Å². The Labute approximate surface area is 108 Å². The van der Waals surface area contributed by atoms with Crippen molar-refractivity contribution in [2.45, 2.75) is 60.0 Å². The van der Waals surface area contributed by atoms with E-state index in [1.165, 1.54) is 13.1 Å². The predicted octanol–water partition coefficient (Wildman–Crippen LogP) is 2.99. The summed E-state index contributed by atoms with van der Waals surface area (Å²) in [6, 6.07) is 0.698. The average molecular weight is 240 g/mol. The summed E-state index contributed by atoms with van der Waals surface area (Å²) in [5, 5.41) is 3.68. The summed E-state index contributed by atoms with van der Waals surface area (Å²) in [6.07, 6.45) is 0. The highest BCUT2D eigenvalue weighted by Gasteiger charge is 2.34. The van der Waals surface area contributed by atoms with Gasteiger partial charge in [-0.1, -0.05) is 34.6 Å². The Morgan fingerprint density at radius 3 is 2.24 bits per heavy atom. The van der Waals surface area contributed by atoms with E-state index in [1.54, 1.807) is 0 Å². The van der Waals surface area contributed by atoms with Crippen LogP contribution in [0.1, 0.15) is 48.5 Å². The second-order valence-electron chi connectivity index (χ2n) is 7.23. The Balaban J connectivity index is 2.67. The first-order valence-electron chi connectivity index (χ1n) is 7.22. The summed E-state index contributed by atoms with van der Waals surface area (Å²) in [5.41, 5.74) is 0.266. The lowest BCUT2D eigenvalue weighted by Gasteiger charge is -2.47. The van der Waals surface area contributed by atoms with Crippen LogP contribution < -0.4 is 5.32 Å². The Kier molecular flexibility index (Phi) is 5.03. The third-order valence-electron chi connectivity index (χ3n) is 4.29. The van der Waals surface area contributed by atoms with E-state index in [9.17, 15) is 0 Å². The molecule has 0 aliphatic carbocycles. The van der Waals surface area contributed by atoms with Gasteiger partial charge in [-0.15, -0.1) is 0 Å². The van der Waals surface area contributed by atoms with Crippen LogP contribution in [0.25, 0.3) is 0 Å². The van der Waals surface area contributed by atoms with E-state index >= 15 is 0 Å². The molecule has 2 heteroatoms. The van der Waals surface area contributed by atoms with Crippen molar-refractivity contribution in [3.8, 4) is 0 Å². The molecule has 0 amide bonds. The molecular weight excluding hydrogens is 208 g/mol. The van der Waals surface area contributed by atoms with Gasteiger partial charge >= 0.3 is 0 Å². The molecule has 1 fully saturated rings. The van der Waals surface area contributed by atoms with Crippen LogP contribution in [-0.2, 0) is 0 Å². The minimum Gasteiger partial charge on any atom is -0.309 e. The van der Waals surface area contributed by atoms with Crippen LogP contribution >= 0.6 is 0 Å². The molecule has 0 radical (unpaired) electrons. The lowest BCUT2D eigenvalue weighted by Crippen LogP contribution is -2.63. The number of nitrogens with one attached hydrogen (secondary N) is 1. The molecule has 2 atom stereocenters. The second kappa shape index (κ2) is 5.71. The van der Waals surface area contributed by atoms with Crippen LogP contribution in [-0.4, -0.2) is 36.1 Å². The van der Waals surface area contributed by atoms with Gasteiger partial charge in [0.1, 0.15) is 0 Å². The van der Waals surface area contributed by atoms with Crippen molar-refractivity contribution in [3.63, 3.8) is 0 Å². The Morgan fingerprint density at radius 1 is 1.18 bits per heavy atom. The van der Waals surface area contributed by atoms with E-state index in [1.807, 2.05) is 0 Å². The Morgan fingerprint density at radius 2 is 1.76 bits per heavy atom. The highest BCUT2D eigenvalue weighted by atomic mass is 15.3. The van der Waals surface area contributed by atoms with Crippen LogP contribution in [0.2, 0.25) is 0 Å². The van der Waals surface area contributed by atoms with Crippen molar-refractivity contribution >= 4 is 0 Å². The lowest BCUT2D eigenvalue weighted by atomic mass is 9.90. The third kappa shape index (κ3) is 4.26. The fraction of sp³-hybridized carbons (Fsp3) is 1.00. The SMILES string of the molecule is CC(C)C(C)CN1CC(C)(C)NCC1C(C)C. The number of hydrogen-bond acceptors (Lipinski definition) is 2. The largest absolute Gasteiger partial charge is 0.309 e. The van der Waals surface area contributed by atoms with Gasteiger partial charge in [0.15, 0.2) is 0 Å². The monoisotopic (exact) mass is 240 g/mol. The highest BCUT2D eigenvalue weighted by Crippen LogP contribution is 2.23. The van der Waals surface area contributed by atoms with E-state index in [-0.39, 0.29) is 5.54 Å². The highest BCUT2D eigenvalue weighted by molar-refractivity contribution is 4.93.